The van der Waals surface area contributed by atoms with Gasteiger partial charge in [0, 0.05) is 16.6 Å². The number of rotatable bonds is 12. The Balaban J connectivity index is 1.77. The largest absolute Gasteiger partial charge is 0.465 e. The molecule has 3 unspecified atom stereocenters. The summed E-state index contributed by atoms with van der Waals surface area (Å²) in [4.78, 5) is 45.1. The Morgan fingerprint density at radius 1 is 1.37 bits per heavy atom. The number of unbranched alkanes of at least 4 members (excludes halogenated alkanes) is 1. The van der Waals surface area contributed by atoms with E-state index >= 15 is 0 Å². The van der Waals surface area contributed by atoms with Crippen LogP contribution in [0.25, 0.3) is 0 Å². The molecule has 2 amide bonds. The molecule has 3 aliphatic rings. The summed E-state index contributed by atoms with van der Waals surface area (Å²) in [7, 11) is 0. The van der Waals surface area contributed by atoms with Crippen LogP contribution in [-0.2, 0) is 19.1 Å². The molecular weight excluding hydrogens is 592 g/mol. The van der Waals surface area contributed by atoms with Crippen LogP contribution < -0.4 is 4.90 Å². The summed E-state index contributed by atoms with van der Waals surface area (Å²) < 4.78 is 4.78. The number of anilines is 1. The predicted octanol–water partition coefficient (Wildman–Crippen LogP) is 4.60. The first-order valence-electron chi connectivity index (χ1n) is 13.0. The quantitative estimate of drug-likeness (QED) is 0.158. The van der Waals surface area contributed by atoms with Crippen molar-refractivity contribution in [1.82, 2.24) is 4.90 Å². The van der Waals surface area contributed by atoms with Crippen LogP contribution in [0.5, 0.6) is 0 Å². The third-order valence-corrected chi connectivity index (χ3v) is 11.4. The molecule has 3 heterocycles. The lowest BCUT2D eigenvalue weighted by Crippen LogP contribution is -2.58. The average Bonchev–Trinajstić information content (AvgIpc) is 3.50. The number of thioether (sulfide) groups is 1. The molecule has 1 spiro atoms. The number of alkyl halides is 1. The molecule has 38 heavy (non-hydrogen) atoms. The van der Waals surface area contributed by atoms with Crippen LogP contribution >= 0.6 is 39.3 Å². The van der Waals surface area contributed by atoms with Crippen LogP contribution in [0.15, 0.2) is 49.6 Å². The van der Waals surface area contributed by atoms with E-state index in [4.69, 9.17) is 16.3 Å². The van der Waals surface area contributed by atoms with Gasteiger partial charge in [0.05, 0.1) is 46.5 Å². The Kier molecular flexibility index (Phi) is 9.33. The number of para-hydroxylation sites is 1. The molecule has 10 heteroatoms. The molecule has 3 fully saturated rings. The van der Waals surface area contributed by atoms with E-state index in [1.165, 1.54) is 0 Å². The Bertz CT molecular complexity index is 1100. The molecule has 2 bridgehead atoms. The average molecular weight is 626 g/mol. The maximum atomic E-state index is 14.5. The predicted molar refractivity (Wildman–Crippen MR) is 155 cm³/mol. The van der Waals surface area contributed by atoms with Gasteiger partial charge in [0.25, 0.3) is 5.91 Å². The summed E-state index contributed by atoms with van der Waals surface area (Å²) >= 11 is 11.8. The number of amides is 2. The highest BCUT2D eigenvalue weighted by atomic mass is 79.9. The number of allylic oxidation sites excluding steroid dienone is 1. The van der Waals surface area contributed by atoms with E-state index in [1.807, 2.05) is 6.92 Å². The van der Waals surface area contributed by atoms with Crippen molar-refractivity contribution in [2.75, 3.05) is 24.7 Å². The number of halogens is 2. The third kappa shape index (κ3) is 4.84. The SMILES string of the molecule is C=CCCCOC(=O)[C@H]1[C@H]2C(=O)N([C@@H](CC)CO)C(C(=O)N(CC=C)c3ccccc3Cl)C23CC(Br)[C@@H]1S3. The van der Waals surface area contributed by atoms with E-state index in [2.05, 4.69) is 29.1 Å². The number of carbonyl (C=O) groups is 3. The minimum Gasteiger partial charge on any atom is -0.465 e. The number of aliphatic hydroxyl groups excluding tert-OH is 1. The van der Waals surface area contributed by atoms with Crippen molar-refractivity contribution in [3.63, 3.8) is 0 Å². The molecule has 7 atom stereocenters. The molecule has 3 saturated heterocycles. The highest BCUT2D eigenvalue weighted by Crippen LogP contribution is 2.68. The fourth-order valence-electron chi connectivity index (χ4n) is 6.17. The van der Waals surface area contributed by atoms with Crippen LogP contribution in [-0.4, -0.2) is 74.5 Å². The van der Waals surface area contributed by atoms with Gasteiger partial charge >= 0.3 is 5.97 Å². The van der Waals surface area contributed by atoms with Crippen LogP contribution in [0.3, 0.4) is 0 Å². The van der Waals surface area contributed by atoms with Crippen molar-refractivity contribution < 1.29 is 24.2 Å². The zero-order chi connectivity index (χ0) is 27.6. The van der Waals surface area contributed by atoms with Crippen LogP contribution in [0, 0.1) is 11.8 Å². The van der Waals surface area contributed by atoms with Gasteiger partial charge in [-0.2, -0.15) is 0 Å². The maximum absolute atomic E-state index is 14.5. The van der Waals surface area contributed by atoms with Gasteiger partial charge < -0.3 is 19.6 Å². The van der Waals surface area contributed by atoms with E-state index in [9.17, 15) is 19.5 Å². The first kappa shape index (κ1) is 29.2. The van der Waals surface area contributed by atoms with Crippen LogP contribution in [0.2, 0.25) is 5.02 Å². The Hall–Kier alpha value is -1.81. The van der Waals surface area contributed by atoms with Crippen molar-refractivity contribution in [2.24, 2.45) is 11.8 Å². The lowest BCUT2D eigenvalue weighted by molar-refractivity contribution is -0.154. The van der Waals surface area contributed by atoms with Gasteiger partial charge in [-0.05, 0) is 37.8 Å². The minimum atomic E-state index is -0.887. The number of benzene rings is 1. The zero-order valence-electron chi connectivity index (χ0n) is 21.4. The molecule has 0 saturated carbocycles. The zero-order valence-corrected chi connectivity index (χ0v) is 24.6. The summed E-state index contributed by atoms with van der Waals surface area (Å²) in [6.45, 7) is 9.56. The van der Waals surface area contributed by atoms with Crippen LogP contribution in [0.1, 0.15) is 32.6 Å². The molecule has 0 radical (unpaired) electrons. The Morgan fingerprint density at radius 2 is 2.11 bits per heavy atom. The Morgan fingerprint density at radius 3 is 2.74 bits per heavy atom. The van der Waals surface area contributed by atoms with E-state index in [0.717, 1.165) is 6.42 Å². The number of esters is 1. The van der Waals surface area contributed by atoms with Gasteiger partial charge in [-0.3, -0.25) is 14.4 Å². The van der Waals surface area contributed by atoms with E-state index in [1.54, 1.807) is 58.0 Å². The second-order valence-electron chi connectivity index (χ2n) is 9.94. The number of aliphatic hydroxyl groups is 1. The second-order valence-corrected chi connectivity index (χ2v) is 13.1. The van der Waals surface area contributed by atoms with E-state index < -0.39 is 34.6 Å². The van der Waals surface area contributed by atoms with Gasteiger partial charge in [0.15, 0.2) is 0 Å². The summed E-state index contributed by atoms with van der Waals surface area (Å²) in [6.07, 6.45) is 5.78. The van der Waals surface area contributed by atoms with Crippen molar-refractivity contribution in [1.29, 1.82) is 0 Å². The highest BCUT2D eigenvalue weighted by Gasteiger charge is 2.76. The van der Waals surface area contributed by atoms with Gasteiger partial charge in [-0.25, -0.2) is 0 Å². The molecule has 1 aromatic carbocycles. The lowest BCUT2D eigenvalue weighted by Gasteiger charge is -2.39. The molecule has 7 nitrogen and oxygen atoms in total. The standard InChI is InChI=1S/C28H34BrClN2O5S/c1-4-7-10-14-37-27(36)21-22-25(34)32(17(6-3)16-33)24(28(22)15-18(29)23(21)38-28)26(35)31(13-5-2)20-12-9-8-11-19(20)30/h4-5,8-9,11-12,17-18,21-24,33H,1-2,6-7,10,13-16H2,3H3/t17-,18?,21-,22-,23-,24?,28?/m0/s1. The third-order valence-electron chi connectivity index (χ3n) is 7.83. The molecule has 206 valence electrons. The van der Waals surface area contributed by atoms with Crippen LogP contribution in [0.4, 0.5) is 5.69 Å². The van der Waals surface area contributed by atoms with Crippen molar-refractivity contribution in [3.05, 3.63) is 54.6 Å². The smallest absolute Gasteiger partial charge is 0.310 e. The number of fused-ring (bicyclic) bond motifs is 1. The first-order valence-corrected chi connectivity index (χ1v) is 15.1. The van der Waals surface area contributed by atoms with Crippen molar-refractivity contribution in [3.8, 4) is 0 Å². The summed E-state index contributed by atoms with van der Waals surface area (Å²) in [5.74, 6) is -2.38. The maximum Gasteiger partial charge on any atom is 0.310 e. The number of carbonyl (C=O) groups excluding carboxylic acids is 3. The molecule has 4 rings (SSSR count). The van der Waals surface area contributed by atoms with E-state index in [0.29, 0.717) is 30.0 Å². The fraction of sp³-hybridized carbons (Fsp3) is 0.536. The molecule has 0 aromatic heterocycles. The monoisotopic (exact) mass is 624 g/mol. The van der Waals surface area contributed by atoms with Gasteiger partial charge in [-0.1, -0.05) is 58.7 Å². The van der Waals surface area contributed by atoms with Gasteiger partial charge in [0.1, 0.15) is 6.04 Å². The van der Waals surface area contributed by atoms with Crippen molar-refractivity contribution in [2.45, 2.75) is 59.5 Å². The highest BCUT2D eigenvalue weighted by molar-refractivity contribution is 9.09. The number of nitrogens with zero attached hydrogens (tertiary/aromatic N) is 2. The first-order chi connectivity index (χ1) is 18.3. The number of hydrogen-bond donors (Lipinski definition) is 1. The summed E-state index contributed by atoms with van der Waals surface area (Å²) in [5, 5.41) is 10.5. The lowest BCUT2D eigenvalue weighted by atomic mass is 9.71. The van der Waals surface area contributed by atoms with Crippen molar-refractivity contribution >= 4 is 62.8 Å². The molecule has 1 N–H and O–H groups in total. The number of likely N-dealkylation sites (tertiary alicyclic amines) is 1. The normalized spacial score (nSPS) is 30.2. The molecule has 1 aromatic rings. The summed E-state index contributed by atoms with van der Waals surface area (Å²) in [6, 6.07) is 5.61. The van der Waals surface area contributed by atoms with Gasteiger partial charge in [-0.15, -0.1) is 24.9 Å². The number of hydrogen-bond acceptors (Lipinski definition) is 6. The molecule has 3 aliphatic heterocycles. The Labute approximate surface area is 241 Å². The second kappa shape index (κ2) is 12.1. The van der Waals surface area contributed by atoms with E-state index in [-0.39, 0.29) is 41.6 Å². The molecule has 0 aliphatic carbocycles. The fourth-order valence-corrected chi connectivity index (χ4v) is 9.99. The topological polar surface area (TPSA) is 87.1 Å². The number of ether oxygens (including phenoxy) is 1. The van der Waals surface area contributed by atoms with Gasteiger partial charge in [0.2, 0.25) is 5.91 Å². The molecular formula is C28H34BrClN2O5S. The summed E-state index contributed by atoms with van der Waals surface area (Å²) in [5.41, 5.74) is 0.523. The minimum absolute atomic E-state index is 0.0695.